The van der Waals surface area contributed by atoms with E-state index in [1.165, 1.54) is 6.39 Å². The van der Waals surface area contributed by atoms with Crippen LogP contribution in [0.2, 0.25) is 0 Å². The number of pyridine rings is 1. The summed E-state index contributed by atoms with van der Waals surface area (Å²) in [5, 5.41) is 11.3. The fourth-order valence-electron chi connectivity index (χ4n) is 4.96. The smallest absolute Gasteiger partial charge is 0.248 e. The van der Waals surface area contributed by atoms with E-state index in [0.29, 0.717) is 11.9 Å². The molecule has 1 aliphatic heterocycles. The lowest BCUT2D eigenvalue weighted by molar-refractivity contribution is 0.122. The van der Waals surface area contributed by atoms with E-state index < -0.39 is 0 Å². The van der Waals surface area contributed by atoms with Gasteiger partial charge in [0.15, 0.2) is 0 Å². The summed E-state index contributed by atoms with van der Waals surface area (Å²) in [6.07, 6.45) is 10.6. The van der Waals surface area contributed by atoms with Crippen molar-refractivity contribution in [1.82, 2.24) is 25.1 Å². The molecule has 4 aromatic rings. The van der Waals surface area contributed by atoms with Crippen LogP contribution in [-0.4, -0.2) is 63.6 Å². The van der Waals surface area contributed by atoms with Crippen LogP contribution in [0.4, 0.5) is 11.5 Å². The Morgan fingerprint density at radius 1 is 1.00 bits per heavy atom. The Morgan fingerprint density at radius 3 is 2.61 bits per heavy atom. The number of fused-ring (bicyclic) bond motifs is 1. The van der Waals surface area contributed by atoms with Gasteiger partial charge in [-0.05, 0) is 50.3 Å². The summed E-state index contributed by atoms with van der Waals surface area (Å²) >= 11 is 0. The van der Waals surface area contributed by atoms with Crippen molar-refractivity contribution in [2.45, 2.75) is 44.8 Å². The average Bonchev–Trinajstić information content (AvgIpc) is 3.47. The fourth-order valence-corrected chi connectivity index (χ4v) is 4.96. The first kappa shape index (κ1) is 22.7. The topological polar surface area (TPSA) is 111 Å². The van der Waals surface area contributed by atoms with Crippen LogP contribution in [0.15, 0.2) is 47.6 Å². The maximum atomic E-state index is 6.55. The molecule has 1 aromatic carbocycles. The van der Waals surface area contributed by atoms with Gasteiger partial charge in [0.25, 0.3) is 0 Å². The molecule has 2 fully saturated rings. The number of nitrogens with zero attached hydrogens (tertiary/aromatic N) is 6. The predicted molar refractivity (Wildman–Crippen MR) is 135 cm³/mol. The Hall–Kier alpha value is -3.79. The summed E-state index contributed by atoms with van der Waals surface area (Å²) in [5.41, 5.74) is 4.66. The van der Waals surface area contributed by atoms with Crippen molar-refractivity contribution in [3.63, 3.8) is 0 Å². The molecule has 4 heterocycles. The third kappa shape index (κ3) is 4.81. The first-order chi connectivity index (χ1) is 17.7. The second-order valence-electron chi connectivity index (χ2n) is 9.34. The summed E-state index contributed by atoms with van der Waals surface area (Å²) in [6.45, 7) is 5.24. The van der Waals surface area contributed by atoms with E-state index >= 15 is 0 Å². The minimum Gasteiger partial charge on any atom is -0.488 e. The van der Waals surface area contributed by atoms with Gasteiger partial charge >= 0.3 is 0 Å². The van der Waals surface area contributed by atoms with E-state index in [4.69, 9.17) is 13.9 Å². The summed E-state index contributed by atoms with van der Waals surface area (Å²) in [4.78, 5) is 16.1. The quantitative estimate of drug-likeness (QED) is 0.428. The molecule has 2 aliphatic rings. The molecular weight excluding hydrogens is 458 g/mol. The molecule has 0 amide bonds. The van der Waals surface area contributed by atoms with Crippen LogP contribution < -0.4 is 15.0 Å². The maximum absolute atomic E-state index is 6.55. The van der Waals surface area contributed by atoms with Crippen molar-refractivity contribution in [3.8, 4) is 17.2 Å². The molecule has 1 aliphatic carbocycles. The predicted octanol–water partition coefficient (Wildman–Crippen LogP) is 4.02. The van der Waals surface area contributed by atoms with Crippen molar-refractivity contribution in [1.29, 1.82) is 0 Å². The minimum absolute atomic E-state index is 0.141. The average molecular weight is 488 g/mol. The van der Waals surface area contributed by atoms with Gasteiger partial charge in [-0.15, -0.1) is 10.2 Å². The van der Waals surface area contributed by atoms with E-state index in [1.54, 1.807) is 18.6 Å². The van der Waals surface area contributed by atoms with E-state index in [1.807, 2.05) is 13.0 Å². The highest BCUT2D eigenvalue weighted by Crippen LogP contribution is 2.33. The summed E-state index contributed by atoms with van der Waals surface area (Å²) in [6, 6.07) is 6.58. The Kier molecular flexibility index (Phi) is 6.33. The van der Waals surface area contributed by atoms with Gasteiger partial charge in [0, 0.05) is 49.5 Å². The number of aryl methyl sites for hydroxylation is 1. The van der Waals surface area contributed by atoms with Crippen molar-refractivity contribution >= 4 is 22.5 Å². The number of morpholine rings is 1. The third-order valence-corrected chi connectivity index (χ3v) is 6.89. The Morgan fingerprint density at radius 2 is 1.83 bits per heavy atom. The van der Waals surface area contributed by atoms with Crippen LogP contribution in [0, 0.1) is 6.92 Å². The van der Waals surface area contributed by atoms with Crippen molar-refractivity contribution in [3.05, 3.63) is 48.7 Å². The lowest BCUT2D eigenvalue weighted by Crippen LogP contribution is -2.36. The molecule has 10 heteroatoms. The molecule has 1 N–H and O–H groups in total. The summed E-state index contributed by atoms with van der Waals surface area (Å²) in [7, 11) is 0. The molecular formula is C26H29N7O3. The highest BCUT2D eigenvalue weighted by molar-refractivity contribution is 5.85. The zero-order valence-corrected chi connectivity index (χ0v) is 20.3. The molecule has 10 nitrogen and oxygen atoms in total. The number of hydrogen-bond donors (Lipinski definition) is 1. The zero-order valence-electron chi connectivity index (χ0n) is 20.3. The Bertz CT molecular complexity index is 1320. The molecule has 0 unspecified atom stereocenters. The van der Waals surface area contributed by atoms with Gasteiger partial charge in [0.2, 0.25) is 12.3 Å². The number of rotatable bonds is 6. The fraction of sp³-hybridized carbons (Fsp3) is 0.423. The molecule has 0 spiro atoms. The molecule has 0 atom stereocenters. The third-order valence-electron chi connectivity index (χ3n) is 6.89. The van der Waals surface area contributed by atoms with Crippen molar-refractivity contribution in [2.24, 2.45) is 0 Å². The highest BCUT2D eigenvalue weighted by Gasteiger charge is 2.25. The Labute approximate surface area is 209 Å². The van der Waals surface area contributed by atoms with Crippen LogP contribution in [0.25, 0.3) is 22.5 Å². The normalized spacial score (nSPS) is 20.4. The monoisotopic (exact) mass is 487 g/mol. The van der Waals surface area contributed by atoms with Crippen LogP contribution in [0.3, 0.4) is 0 Å². The number of aromatic nitrogens is 5. The highest BCUT2D eigenvalue weighted by atomic mass is 16.5. The van der Waals surface area contributed by atoms with E-state index in [-0.39, 0.29) is 6.10 Å². The first-order valence-corrected chi connectivity index (χ1v) is 12.5. The number of ether oxygens (including phenoxy) is 2. The van der Waals surface area contributed by atoms with Gasteiger partial charge in [0.1, 0.15) is 17.1 Å². The second kappa shape index (κ2) is 10.1. The number of benzene rings is 1. The molecule has 36 heavy (non-hydrogen) atoms. The molecule has 186 valence electrons. The van der Waals surface area contributed by atoms with Gasteiger partial charge in [-0.3, -0.25) is 4.98 Å². The van der Waals surface area contributed by atoms with E-state index in [2.05, 4.69) is 47.5 Å². The van der Waals surface area contributed by atoms with E-state index in [0.717, 1.165) is 91.4 Å². The standard InChI is InChI=1S/C26H29N7O3/c1-17-12-18(26-32-30-16-35-26)15-29-25(17)31-19-2-4-21(5-3-19)36-23-14-20(33-8-10-34-11-9-33)13-22-24(23)28-7-6-27-22/h6-7,12-16,19,21H,2-5,8-11H2,1H3,(H,29,31)/t19-,21+. The molecule has 1 saturated carbocycles. The lowest BCUT2D eigenvalue weighted by atomic mass is 9.92. The van der Waals surface area contributed by atoms with Crippen LogP contribution >= 0.6 is 0 Å². The SMILES string of the molecule is Cc1cc(-c2nnco2)cnc1N[C@H]1CC[C@@H](Oc2cc(N3CCOCC3)cc3nccnc23)CC1. The zero-order chi connectivity index (χ0) is 24.3. The molecule has 0 bridgehead atoms. The Balaban J connectivity index is 1.11. The van der Waals surface area contributed by atoms with Crippen LogP contribution in [-0.2, 0) is 4.74 Å². The molecule has 3 aromatic heterocycles. The summed E-state index contributed by atoms with van der Waals surface area (Å²) < 4.78 is 17.4. The summed E-state index contributed by atoms with van der Waals surface area (Å²) in [5.74, 6) is 2.18. The van der Waals surface area contributed by atoms with Gasteiger partial charge < -0.3 is 24.1 Å². The number of anilines is 2. The minimum atomic E-state index is 0.141. The van der Waals surface area contributed by atoms with Crippen LogP contribution in [0.1, 0.15) is 31.2 Å². The van der Waals surface area contributed by atoms with Gasteiger partial charge in [-0.25, -0.2) is 9.97 Å². The second-order valence-corrected chi connectivity index (χ2v) is 9.34. The molecule has 0 radical (unpaired) electrons. The van der Waals surface area contributed by atoms with E-state index in [9.17, 15) is 0 Å². The van der Waals surface area contributed by atoms with Crippen molar-refractivity contribution in [2.75, 3.05) is 36.5 Å². The maximum Gasteiger partial charge on any atom is 0.248 e. The van der Waals surface area contributed by atoms with Gasteiger partial charge in [-0.1, -0.05) is 0 Å². The molecule has 1 saturated heterocycles. The van der Waals surface area contributed by atoms with Crippen molar-refractivity contribution < 1.29 is 13.9 Å². The number of nitrogens with one attached hydrogen (secondary N) is 1. The first-order valence-electron chi connectivity index (χ1n) is 12.5. The number of hydrogen-bond acceptors (Lipinski definition) is 10. The van der Waals surface area contributed by atoms with Gasteiger partial charge in [-0.2, -0.15) is 0 Å². The molecule has 6 rings (SSSR count). The lowest BCUT2D eigenvalue weighted by Gasteiger charge is -2.31. The largest absolute Gasteiger partial charge is 0.488 e. The van der Waals surface area contributed by atoms with Gasteiger partial charge in [0.05, 0.1) is 30.4 Å². The van der Waals surface area contributed by atoms with Crippen LogP contribution in [0.5, 0.6) is 5.75 Å².